The first-order valence-electron chi connectivity index (χ1n) is 8.44. The summed E-state index contributed by atoms with van der Waals surface area (Å²) in [6, 6.07) is 12.7. The zero-order valence-corrected chi connectivity index (χ0v) is 15.4. The molecule has 3 rings (SSSR count). The van der Waals surface area contributed by atoms with Crippen LogP contribution in [0.1, 0.15) is 16.1 Å². The molecule has 0 aliphatic heterocycles. The number of ether oxygens (including phenoxy) is 2. The summed E-state index contributed by atoms with van der Waals surface area (Å²) in [6.45, 7) is 0.404. The van der Waals surface area contributed by atoms with Gasteiger partial charge >= 0.3 is 0 Å². The van der Waals surface area contributed by atoms with Crippen LogP contribution in [0.15, 0.2) is 54.7 Å². The average molecular weight is 382 g/mol. The summed E-state index contributed by atoms with van der Waals surface area (Å²) in [4.78, 5) is 20.8. The first-order chi connectivity index (χ1) is 13.6. The van der Waals surface area contributed by atoms with Gasteiger partial charge in [0, 0.05) is 24.5 Å². The van der Waals surface area contributed by atoms with Gasteiger partial charge in [-0.15, -0.1) is 0 Å². The fourth-order valence-electron chi connectivity index (χ4n) is 2.46. The molecule has 0 fully saturated rings. The summed E-state index contributed by atoms with van der Waals surface area (Å²) in [7, 11) is 3.06. The van der Waals surface area contributed by atoms with Gasteiger partial charge in [0.1, 0.15) is 11.5 Å². The summed E-state index contributed by atoms with van der Waals surface area (Å²) >= 11 is 0. The quantitative estimate of drug-likeness (QED) is 0.651. The SMILES string of the molecule is COc1ccc(NC(=O)c2ccnc(NCc3ccc(F)cc3)n2)cc1OC. The van der Waals surface area contributed by atoms with E-state index in [1.54, 1.807) is 30.3 Å². The van der Waals surface area contributed by atoms with Crippen molar-refractivity contribution in [3.8, 4) is 11.5 Å². The second kappa shape index (κ2) is 8.81. The molecule has 7 nitrogen and oxygen atoms in total. The predicted molar refractivity (Wildman–Crippen MR) is 103 cm³/mol. The molecular weight excluding hydrogens is 363 g/mol. The maximum atomic E-state index is 13.0. The van der Waals surface area contributed by atoms with E-state index >= 15 is 0 Å². The highest BCUT2D eigenvalue weighted by atomic mass is 19.1. The van der Waals surface area contributed by atoms with Gasteiger partial charge in [0.2, 0.25) is 5.95 Å². The van der Waals surface area contributed by atoms with E-state index in [-0.39, 0.29) is 17.4 Å². The Morgan fingerprint density at radius 1 is 1.04 bits per heavy atom. The van der Waals surface area contributed by atoms with Gasteiger partial charge in [0.25, 0.3) is 5.91 Å². The molecule has 0 spiro atoms. The Labute approximate surface area is 161 Å². The number of hydrogen-bond donors (Lipinski definition) is 2. The van der Waals surface area contributed by atoms with E-state index in [0.717, 1.165) is 5.56 Å². The minimum absolute atomic E-state index is 0.200. The van der Waals surface area contributed by atoms with E-state index in [0.29, 0.717) is 29.7 Å². The van der Waals surface area contributed by atoms with Crippen LogP contribution in [-0.2, 0) is 6.54 Å². The molecule has 1 heterocycles. The average Bonchev–Trinajstić information content (AvgIpc) is 2.73. The van der Waals surface area contributed by atoms with Crippen molar-refractivity contribution in [2.24, 2.45) is 0 Å². The van der Waals surface area contributed by atoms with Crippen LogP contribution in [0.25, 0.3) is 0 Å². The van der Waals surface area contributed by atoms with Crippen molar-refractivity contribution in [2.75, 3.05) is 24.9 Å². The molecule has 28 heavy (non-hydrogen) atoms. The molecule has 1 amide bonds. The van der Waals surface area contributed by atoms with Crippen LogP contribution in [0.5, 0.6) is 11.5 Å². The van der Waals surface area contributed by atoms with Gasteiger partial charge in [-0.3, -0.25) is 4.79 Å². The lowest BCUT2D eigenvalue weighted by molar-refractivity contribution is 0.102. The van der Waals surface area contributed by atoms with Crippen molar-refractivity contribution >= 4 is 17.5 Å². The molecule has 0 unspecified atom stereocenters. The summed E-state index contributed by atoms with van der Waals surface area (Å²) in [5.74, 6) is 0.678. The molecule has 0 radical (unpaired) electrons. The number of carbonyl (C=O) groups is 1. The molecule has 0 atom stereocenters. The highest BCUT2D eigenvalue weighted by Crippen LogP contribution is 2.29. The normalized spacial score (nSPS) is 10.2. The van der Waals surface area contributed by atoms with E-state index in [1.807, 2.05) is 0 Å². The Hall–Kier alpha value is -3.68. The zero-order chi connectivity index (χ0) is 19.9. The van der Waals surface area contributed by atoms with Crippen LogP contribution in [0.4, 0.5) is 16.0 Å². The fraction of sp³-hybridized carbons (Fsp3) is 0.150. The van der Waals surface area contributed by atoms with Crippen LogP contribution in [0.2, 0.25) is 0 Å². The minimum Gasteiger partial charge on any atom is -0.493 e. The molecule has 0 aliphatic rings. The lowest BCUT2D eigenvalue weighted by atomic mass is 10.2. The van der Waals surface area contributed by atoms with Crippen LogP contribution in [-0.4, -0.2) is 30.1 Å². The van der Waals surface area contributed by atoms with Gasteiger partial charge in [-0.1, -0.05) is 12.1 Å². The minimum atomic E-state index is -0.389. The third-order valence-corrected chi connectivity index (χ3v) is 3.89. The summed E-state index contributed by atoms with van der Waals surface area (Å²) in [5, 5.41) is 5.77. The largest absolute Gasteiger partial charge is 0.493 e. The number of halogens is 1. The van der Waals surface area contributed by atoms with E-state index in [2.05, 4.69) is 20.6 Å². The topological polar surface area (TPSA) is 85.4 Å². The molecule has 0 bridgehead atoms. The number of methoxy groups -OCH3 is 2. The molecule has 144 valence electrons. The molecule has 0 saturated heterocycles. The van der Waals surface area contributed by atoms with Crippen molar-refractivity contribution in [3.63, 3.8) is 0 Å². The van der Waals surface area contributed by atoms with Gasteiger partial charge in [0.15, 0.2) is 11.5 Å². The Bertz CT molecular complexity index is 964. The number of amides is 1. The maximum Gasteiger partial charge on any atom is 0.274 e. The number of rotatable bonds is 7. The Balaban J connectivity index is 1.67. The van der Waals surface area contributed by atoms with Crippen LogP contribution in [0.3, 0.4) is 0 Å². The number of anilines is 2. The summed E-state index contributed by atoms with van der Waals surface area (Å²) in [6.07, 6.45) is 1.49. The second-order valence-corrected chi connectivity index (χ2v) is 5.77. The van der Waals surface area contributed by atoms with E-state index in [4.69, 9.17) is 9.47 Å². The number of hydrogen-bond acceptors (Lipinski definition) is 6. The van der Waals surface area contributed by atoms with Gasteiger partial charge in [-0.25, -0.2) is 14.4 Å². The number of nitrogens with zero attached hydrogens (tertiary/aromatic N) is 2. The molecule has 2 aromatic carbocycles. The highest BCUT2D eigenvalue weighted by Gasteiger charge is 2.11. The standard InChI is InChI=1S/C20H19FN4O3/c1-27-17-8-7-15(11-18(17)28-2)24-19(26)16-9-10-22-20(25-16)23-12-13-3-5-14(21)6-4-13/h3-11H,12H2,1-2H3,(H,24,26)(H,22,23,25). The first kappa shape index (κ1) is 19.1. The van der Waals surface area contributed by atoms with Crippen molar-refractivity contribution in [1.29, 1.82) is 0 Å². The third kappa shape index (κ3) is 4.73. The molecule has 0 saturated carbocycles. The van der Waals surface area contributed by atoms with E-state index < -0.39 is 0 Å². The van der Waals surface area contributed by atoms with Gasteiger partial charge in [-0.2, -0.15) is 0 Å². The van der Waals surface area contributed by atoms with Crippen LogP contribution >= 0.6 is 0 Å². The van der Waals surface area contributed by atoms with Gasteiger partial charge in [0.05, 0.1) is 14.2 Å². The van der Waals surface area contributed by atoms with Crippen LogP contribution in [0, 0.1) is 5.82 Å². The van der Waals surface area contributed by atoms with Gasteiger partial charge < -0.3 is 20.1 Å². The monoisotopic (exact) mass is 382 g/mol. The zero-order valence-electron chi connectivity index (χ0n) is 15.4. The summed E-state index contributed by atoms with van der Waals surface area (Å²) < 4.78 is 23.4. The highest BCUT2D eigenvalue weighted by molar-refractivity contribution is 6.03. The predicted octanol–water partition coefficient (Wildman–Crippen LogP) is 3.50. The Kier molecular flexibility index (Phi) is 6.01. The van der Waals surface area contributed by atoms with Gasteiger partial charge in [-0.05, 0) is 35.9 Å². The molecule has 8 heteroatoms. The number of carbonyl (C=O) groups excluding carboxylic acids is 1. The lowest BCUT2D eigenvalue weighted by Crippen LogP contribution is -2.15. The number of benzene rings is 2. The molecule has 2 N–H and O–H groups in total. The van der Waals surface area contributed by atoms with Crippen molar-refractivity contribution in [1.82, 2.24) is 9.97 Å². The number of aromatic nitrogens is 2. The molecular formula is C20H19FN4O3. The summed E-state index contributed by atoms with van der Waals surface area (Å²) in [5.41, 5.74) is 1.61. The first-order valence-corrected chi connectivity index (χ1v) is 8.44. The molecule has 0 aliphatic carbocycles. The fourth-order valence-corrected chi connectivity index (χ4v) is 2.46. The van der Waals surface area contributed by atoms with Crippen molar-refractivity contribution in [3.05, 3.63) is 71.8 Å². The smallest absolute Gasteiger partial charge is 0.274 e. The van der Waals surface area contributed by atoms with Crippen molar-refractivity contribution < 1.29 is 18.7 Å². The molecule has 3 aromatic rings. The second-order valence-electron chi connectivity index (χ2n) is 5.77. The van der Waals surface area contributed by atoms with Crippen LogP contribution < -0.4 is 20.1 Å². The Morgan fingerprint density at radius 2 is 1.79 bits per heavy atom. The van der Waals surface area contributed by atoms with Crippen molar-refractivity contribution in [2.45, 2.75) is 6.54 Å². The molecule has 1 aromatic heterocycles. The maximum absolute atomic E-state index is 13.0. The third-order valence-electron chi connectivity index (χ3n) is 3.89. The lowest BCUT2D eigenvalue weighted by Gasteiger charge is -2.11. The number of nitrogens with one attached hydrogen (secondary N) is 2. The van der Waals surface area contributed by atoms with E-state index in [1.165, 1.54) is 38.6 Å². The Morgan fingerprint density at radius 3 is 2.50 bits per heavy atom. The van der Waals surface area contributed by atoms with E-state index in [9.17, 15) is 9.18 Å².